The molecule has 0 aromatic heterocycles. The van der Waals surface area contributed by atoms with E-state index in [0.29, 0.717) is 5.75 Å². The van der Waals surface area contributed by atoms with Crippen LogP contribution in [0.5, 0.6) is 5.75 Å². The predicted octanol–water partition coefficient (Wildman–Crippen LogP) is 1.46. The van der Waals surface area contributed by atoms with Crippen LogP contribution in [0, 0.1) is 0 Å². The van der Waals surface area contributed by atoms with E-state index >= 15 is 0 Å². The van der Waals surface area contributed by atoms with Gasteiger partial charge in [0.1, 0.15) is 5.75 Å². The maximum Gasteiger partial charge on any atom is 0.126 e. The number of hydrogen-bond acceptors (Lipinski definition) is 2. The Morgan fingerprint density at radius 3 is 2.67 bits per heavy atom. The molecule has 0 amide bonds. The number of phenols is 1. The first-order valence-corrected chi connectivity index (χ1v) is 2.74. The van der Waals surface area contributed by atoms with Crippen LogP contribution in [0.4, 0.5) is 5.69 Å². The molecule has 0 radical (unpaired) electrons. The van der Waals surface area contributed by atoms with Crippen LogP contribution in [-0.4, -0.2) is 11.3 Å². The zero-order chi connectivity index (χ0) is 6.27. The molecule has 0 bridgehead atoms. The summed E-state index contributed by atoms with van der Waals surface area (Å²) < 4.78 is 0. The van der Waals surface area contributed by atoms with Crippen LogP contribution < -0.4 is 0 Å². The van der Waals surface area contributed by atoms with Gasteiger partial charge in [-0.15, -0.1) is 0 Å². The number of hydrogen-bond donors (Lipinski definition) is 1. The molecule has 44 valence electrons. The smallest absolute Gasteiger partial charge is 0.126 e. The van der Waals surface area contributed by atoms with Gasteiger partial charge >= 0.3 is 0 Å². The summed E-state index contributed by atoms with van der Waals surface area (Å²) in [6, 6.07) is 5.31. The first-order valence-electron chi connectivity index (χ1n) is 2.74. The van der Waals surface area contributed by atoms with Gasteiger partial charge in [-0.25, -0.2) is 0 Å². The van der Waals surface area contributed by atoms with E-state index in [0.717, 1.165) is 11.3 Å². The molecule has 0 aliphatic carbocycles. The Morgan fingerprint density at radius 2 is 2.22 bits per heavy atom. The molecule has 1 N–H and O–H groups in total. The third-order valence-electron chi connectivity index (χ3n) is 1.39. The van der Waals surface area contributed by atoms with Gasteiger partial charge in [0.2, 0.25) is 0 Å². The van der Waals surface area contributed by atoms with E-state index in [2.05, 4.69) is 4.99 Å². The molecule has 0 unspecified atom stereocenters. The van der Waals surface area contributed by atoms with Crippen molar-refractivity contribution in [2.45, 2.75) is 0 Å². The normalized spacial score (nSPS) is 12.4. The maximum atomic E-state index is 9.06. The second kappa shape index (κ2) is 1.35. The van der Waals surface area contributed by atoms with E-state index in [1.54, 1.807) is 18.3 Å². The van der Waals surface area contributed by atoms with Crippen molar-refractivity contribution in [3.05, 3.63) is 23.8 Å². The molecule has 0 atom stereocenters. The van der Waals surface area contributed by atoms with E-state index in [1.807, 2.05) is 6.07 Å². The van der Waals surface area contributed by atoms with Gasteiger partial charge in [-0.2, -0.15) is 0 Å². The molecule has 2 nitrogen and oxygen atoms in total. The van der Waals surface area contributed by atoms with Crippen molar-refractivity contribution in [3.8, 4) is 5.75 Å². The van der Waals surface area contributed by atoms with Gasteiger partial charge in [0, 0.05) is 6.21 Å². The lowest BCUT2D eigenvalue weighted by molar-refractivity contribution is 0.474. The van der Waals surface area contributed by atoms with Crippen molar-refractivity contribution in [3.63, 3.8) is 0 Å². The Labute approximate surface area is 52.5 Å². The largest absolute Gasteiger partial charge is 0.507 e. The van der Waals surface area contributed by atoms with Gasteiger partial charge in [-0.1, -0.05) is 6.07 Å². The van der Waals surface area contributed by atoms with E-state index in [-0.39, 0.29) is 0 Å². The number of aliphatic imine (C=N–C) groups is 1. The summed E-state index contributed by atoms with van der Waals surface area (Å²) in [5.74, 6) is 0.322. The van der Waals surface area contributed by atoms with E-state index < -0.39 is 0 Å². The topological polar surface area (TPSA) is 32.6 Å². The van der Waals surface area contributed by atoms with Crippen molar-refractivity contribution in [2.24, 2.45) is 4.99 Å². The first-order chi connectivity index (χ1) is 4.38. The number of nitrogens with zero attached hydrogens (tertiary/aromatic N) is 1. The van der Waals surface area contributed by atoms with Crippen LogP contribution in [0.3, 0.4) is 0 Å². The number of phenolic OH excluding ortho intramolecular Hbond substituents is 1. The monoisotopic (exact) mass is 119 g/mol. The molecule has 1 aromatic rings. The highest BCUT2D eigenvalue weighted by Gasteiger charge is 2.09. The summed E-state index contributed by atoms with van der Waals surface area (Å²) in [6.45, 7) is 0. The molecule has 9 heavy (non-hydrogen) atoms. The minimum atomic E-state index is 0.322. The van der Waals surface area contributed by atoms with Crippen LogP contribution in [0.25, 0.3) is 0 Å². The third-order valence-corrected chi connectivity index (χ3v) is 1.39. The lowest BCUT2D eigenvalue weighted by atomic mass is 10.1. The molecule has 2 heteroatoms. The summed E-state index contributed by atoms with van der Waals surface area (Å²) in [5.41, 5.74) is 1.74. The molecule has 1 aliphatic rings. The van der Waals surface area contributed by atoms with Crippen LogP contribution in [-0.2, 0) is 0 Å². The Kier molecular flexibility index (Phi) is 0.681. The zero-order valence-corrected chi connectivity index (χ0v) is 4.70. The second-order valence-electron chi connectivity index (χ2n) is 1.97. The van der Waals surface area contributed by atoms with Crippen LogP contribution >= 0.6 is 0 Å². The zero-order valence-electron chi connectivity index (χ0n) is 4.70. The van der Waals surface area contributed by atoms with Gasteiger partial charge < -0.3 is 5.11 Å². The fraction of sp³-hybridized carbons (Fsp3) is 0. The van der Waals surface area contributed by atoms with Crippen molar-refractivity contribution in [2.75, 3.05) is 0 Å². The highest BCUT2D eigenvalue weighted by Crippen LogP contribution is 2.31. The summed E-state index contributed by atoms with van der Waals surface area (Å²) >= 11 is 0. The number of aromatic hydroxyl groups is 1. The van der Waals surface area contributed by atoms with Crippen LogP contribution in [0.1, 0.15) is 5.56 Å². The molecule has 0 spiro atoms. The summed E-state index contributed by atoms with van der Waals surface area (Å²) in [7, 11) is 0. The minimum absolute atomic E-state index is 0.322. The molecule has 0 saturated carbocycles. The predicted molar refractivity (Wildman–Crippen MR) is 35.4 cm³/mol. The molecular formula is C7H5NO. The van der Waals surface area contributed by atoms with E-state index in [1.165, 1.54) is 0 Å². The molecule has 0 fully saturated rings. The minimum Gasteiger partial charge on any atom is -0.507 e. The summed E-state index contributed by atoms with van der Waals surface area (Å²) in [6.07, 6.45) is 1.66. The van der Waals surface area contributed by atoms with Gasteiger partial charge in [0.05, 0.1) is 11.3 Å². The first kappa shape index (κ1) is 4.56. The SMILES string of the molecule is Oc1cccc2c1C=N2. The second-order valence-corrected chi connectivity index (χ2v) is 1.97. The standard InChI is InChI=1S/C7H5NO/c9-7-3-1-2-6-5(7)4-8-6/h1-4,9H. The average molecular weight is 119 g/mol. The number of rotatable bonds is 0. The van der Waals surface area contributed by atoms with Gasteiger partial charge in [0.25, 0.3) is 0 Å². The molecule has 2 rings (SSSR count). The lowest BCUT2D eigenvalue weighted by Gasteiger charge is -2.08. The highest BCUT2D eigenvalue weighted by molar-refractivity contribution is 5.99. The van der Waals surface area contributed by atoms with Gasteiger partial charge in [0.15, 0.2) is 0 Å². The lowest BCUT2D eigenvalue weighted by Crippen LogP contribution is -1.91. The Morgan fingerprint density at radius 1 is 1.33 bits per heavy atom. The fourth-order valence-electron chi connectivity index (χ4n) is 0.854. The average Bonchev–Trinajstić information content (AvgIpc) is 1.74. The van der Waals surface area contributed by atoms with Gasteiger partial charge in [-0.3, -0.25) is 4.99 Å². The van der Waals surface area contributed by atoms with Gasteiger partial charge in [-0.05, 0) is 12.1 Å². The molecule has 1 heterocycles. The number of fused-ring (bicyclic) bond motifs is 1. The Hall–Kier alpha value is -1.31. The van der Waals surface area contributed by atoms with Crippen LogP contribution in [0.15, 0.2) is 23.2 Å². The van der Waals surface area contributed by atoms with Crippen molar-refractivity contribution in [1.82, 2.24) is 0 Å². The number of benzene rings is 1. The van der Waals surface area contributed by atoms with Crippen molar-refractivity contribution in [1.29, 1.82) is 0 Å². The van der Waals surface area contributed by atoms with E-state index in [4.69, 9.17) is 5.11 Å². The van der Waals surface area contributed by atoms with Crippen LogP contribution in [0.2, 0.25) is 0 Å². The molecular weight excluding hydrogens is 114 g/mol. The summed E-state index contributed by atoms with van der Waals surface area (Å²) in [4.78, 5) is 3.91. The fourth-order valence-corrected chi connectivity index (χ4v) is 0.854. The van der Waals surface area contributed by atoms with Crippen molar-refractivity contribution >= 4 is 11.9 Å². The highest BCUT2D eigenvalue weighted by atomic mass is 16.3. The van der Waals surface area contributed by atoms with Crippen molar-refractivity contribution < 1.29 is 5.11 Å². The van der Waals surface area contributed by atoms with E-state index in [9.17, 15) is 0 Å². The molecule has 0 saturated heterocycles. The Balaban J connectivity index is 2.70. The Bertz CT molecular complexity index is 278. The molecule has 1 aromatic carbocycles. The summed E-state index contributed by atoms with van der Waals surface area (Å²) in [5, 5.41) is 9.06. The quantitative estimate of drug-likeness (QED) is 0.559. The molecule has 1 aliphatic heterocycles. The maximum absolute atomic E-state index is 9.06. The third kappa shape index (κ3) is 0.470.